The molecule has 0 spiro atoms. The highest BCUT2D eigenvalue weighted by Gasteiger charge is 2.44. The van der Waals surface area contributed by atoms with Gasteiger partial charge in [0.1, 0.15) is 11.7 Å². The quantitative estimate of drug-likeness (QED) is 0.706. The smallest absolute Gasteiger partial charge is 0.241 e. The zero-order valence-electron chi connectivity index (χ0n) is 13.9. The number of carbonyl (C=O) groups is 1. The number of nitrogens with zero attached hydrogens (tertiary/aromatic N) is 4. The van der Waals surface area contributed by atoms with Gasteiger partial charge in [-0.25, -0.2) is 5.43 Å². The van der Waals surface area contributed by atoms with E-state index >= 15 is 0 Å². The highest BCUT2D eigenvalue weighted by Crippen LogP contribution is 2.32. The van der Waals surface area contributed by atoms with E-state index in [1.165, 1.54) is 12.8 Å². The van der Waals surface area contributed by atoms with E-state index in [2.05, 4.69) is 21.2 Å². The normalized spacial score (nSPS) is 33.0. The van der Waals surface area contributed by atoms with Gasteiger partial charge >= 0.3 is 0 Å². The van der Waals surface area contributed by atoms with Crippen LogP contribution in [0, 0.1) is 5.92 Å². The molecule has 2 aliphatic heterocycles. The number of aromatic nitrogens is 3. The van der Waals surface area contributed by atoms with Gasteiger partial charge in [0, 0.05) is 18.5 Å². The van der Waals surface area contributed by atoms with Crippen LogP contribution in [0.15, 0.2) is 6.20 Å². The zero-order chi connectivity index (χ0) is 16.5. The summed E-state index contributed by atoms with van der Waals surface area (Å²) < 4.78 is 1.74. The summed E-state index contributed by atoms with van der Waals surface area (Å²) >= 11 is 0. The summed E-state index contributed by atoms with van der Waals surface area (Å²) in [7, 11) is 0. The van der Waals surface area contributed by atoms with Crippen molar-refractivity contribution in [3.8, 4) is 0 Å². The van der Waals surface area contributed by atoms with Crippen molar-refractivity contribution in [3.63, 3.8) is 0 Å². The second-order valence-corrected chi connectivity index (χ2v) is 7.24. The van der Waals surface area contributed by atoms with Crippen molar-refractivity contribution in [2.45, 2.75) is 69.8 Å². The number of carbonyl (C=O) groups excluding carboxylic acids is 1. The van der Waals surface area contributed by atoms with Crippen LogP contribution in [-0.4, -0.2) is 55.6 Å². The van der Waals surface area contributed by atoms with E-state index in [4.69, 9.17) is 5.11 Å². The van der Waals surface area contributed by atoms with Crippen molar-refractivity contribution < 1.29 is 9.90 Å². The molecule has 3 unspecified atom stereocenters. The first kappa shape index (κ1) is 16.0. The van der Waals surface area contributed by atoms with Crippen molar-refractivity contribution in [1.29, 1.82) is 0 Å². The molecular weight excluding hydrogens is 308 g/mol. The Morgan fingerprint density at radius 2 is 2.12 bits per heavy atom. The van der Waals surface area contributed by atoms with E-state index in [1.54, 1.807) is 10.9 Å². The fourth-order valence-corrected chi connectivity index (χ4v) is 4.50. The van der Waals surface area contributed by atoms with E-state index in [0.717, 1.165) is 32.2 Å². The average molecular weight is 334 g/mol. The molecule has 132 valence electrons. The van der Waals surface area contributed by atoms with Gasteiger partial charge in [-0.2, -0.15) is 0 Å². The van der Waals surface area contributed by atoms with Gasteiger partial charge < -0.3 is 10.0 Å². The summed E-state index contributed by atoms with van der Waals surface area (Å²) in [5, 5.41) is 17.1. The number of amides is 1. The molecule has 8 nitrogen and oxygen atoms in total. The third-order valence-electron chi connectivity index (χ3n) is 5.74. The Bertz CT molecular complexity index is 591. The van der Waals surface area contributed by atoms with Gasteiger partial charge in [0.2, 0.25) is 5.91 Å². The SMILES string of the molecule is O=C(C1NNC2CCCCC21)N1CCC[C@H]1Cn1cc(CO)nn1. The molecule has 0 aromatic carbocycles. The number of hydrogen-bond acceptors (Lipinski definition) is 6. The minimum atomic E-state index is -0.103. The molecule has 1 saturated carbocycles. The molecule has 1 aliphatic carbocycles. The van der Waals surface area contributed by atoms with Crippen LogP contribution in [0.3, 0.4) is 0 Å². The molecule has 3 aliphatic rings. The van der Waals surface area contributed by atoms with Gasteiger partial charge in [0.05, 0.1) is 25.4 Å². The molecule has 24 heavy (non-hydrogen) atoms. The van der Waals surface area contributed by atoms with E-state index in [0.29, 0.717) is 24.2 Å². The molecule has 3 N–H and O–H groups in total. The van der Waals surface area contributed by atoms with E-state index in [1.807, 2.05) is 4.90 Å². The zero-order valence-corrected chi connectivity index (χ0v) is 13.9. The predicted octanol–water partition coefficient (Wildman–Crippen LogP) is -0.203. The summed E-state index contributed by atoms with van der Waals surface area (Å²) in [6.45, 7) is 1.36. The Kier molecular flexibility index (Phi) is 4.51. The predicted molar refractivity (Wildman–Crippen MR) is 86.5 cm³/mol. The molecule has 4 rings (SSSR count). The van der Waals surface area contributed by atoms with Gasteiger partial charge in [-0.3, -0.25) is 14.9 Å². The Morgan fingerprint density at radius 1 is 1.25 bits per heavy atom. The maximum atomic E-state index is 13.1. The first-order valence-corrected chi connectivity index (χ1v) is 9.07. The number of aliphatic hydroxyl groups excluding tert-OH is 1. The van der Waals surface area contributed by atoms with Crippen LogP contribution in [0.25, 0.3) is 0 Å². The first-order chi connectivity index (χ1) is 11.8. The van der Waals surface area contributed by atoms with Crippen LogP contribution in [0.1, 0.15) is 44.2 Å². The maximum absolute atomic E-state index is 13.1. The second kappa shape index (κ2) is 6.78. The van der Waals surface area contributed by atoms with Crippen LogP contribution in [0.5, 0.6) is 0 Å². The highest BCUT2D eigenvalue weighted by atomic mass is 16.3. The second-order valence-electron chi connectivity index (χ2n) is 7.24. The van der Waals surface area contributed by atoms with Crippen molar-refractivity contribution in [3.05, 3.63) is 11.9 Å². The fourth-order valence-electron chi connectivity index (χ4n) is 4.50. The van der Waals surface area contributed by atoms with Gasteiger partial charge in [-0.1, -0.05) is 18.1 Å². The molecule has 0 radical (unpaired) electrons. The maximum Gasteiger partial charge on any atom is 0.241 e. The van der Waals surface area contributed by atoms with Crippen LogP contribution >= 0.6 is 0 Å². The van der Waals surface area contributed by atoms with E-state index < -0.39 is 0 Å². The average Bonchev–Trinajstić information content (AvgIpc) is 3.34. The van der Waals surface area contributed by atoms with Gasteiger partial charge in [-0.05, 0) is 25.7 Å². The number of aliphatic hydroxyl groups is 1. The Balaban J connectivity index is 1.43. The molecule has 1 amide bonds. The molecular formula is C16H26N6O2. The van der Waals surface area contributed by atoms with Crippen molar-refractivity contribution >= 4 is 5.91 Å². The lowest BCUT2D eigenvalue weighted by atomic mass is 9.81. The summed E-state index contributed by atoms with van der Waals surface area (Å²) in [5.41, 5.74) is 7.17. The highest BCUT2D eigenvalue weighted by molar-refractivity contribution is 5.83. The first-order valence-electron chi connectivity index (χ1n) is 9.07. The Labute approximate surface area is 141 Å². The monoisotopic (exact) mass is 334 g/mol. The number of rotatable bonds is 4. The third-order valence-corrected chi connectivity index (χ3v) is 5.74. The Morgan fingerprint density at radius 3 is 2.96 bits per heavy atom. The number of nitrogens with one attached hydrogen (secondary N) is 2. The van der Waals surface area contributed by atoms with Crippen LogP contribution in [0.2, 0.25) is 0 Å². The standard InChI is InChI=1S/C16H26N6O2/c23-10-11-8-21(20-17-11)9-12-4-3-7-22(12)16(24)15-13-5-1-2-6-14(13)18-19-15/h8,12-15,18-19,23H,1-7,9-10H2/t12-,13?,14?,15?/m0/s1. The number of likely N-dealkylation sites (tertiary alicyclic amines) is 1. The van der Waals surface area contributed by atoms with Crippen LogP contribution in [-0.2, 0) is 17.9 Å². The molecule has 3 fully saturated rings. The molecule has 3 heterocycles. The lowest BCUT2D eigenvalue weighted by Crippen LogP contribution is -2.50. The third kappa shape index (κ3) is 2.94. The largest absolute Gasteiger partial charge is 0.390 e. The van der Waals surface area contributed by atoms with Crippen LogP contribution < -0.4 is 10.9 Å². The summed E-state index contributed by atoms with van der Waals surface area (Å²) in [6.07, 6.45) is 8.55. The Hall–Kier alpha value is -1.51. The minimum absolute atomic E-state index is 0.0975. The fraction of sp³-hybridized carbons (Fsp3) is 0.812. The van der Waals surface area contributed by atoms with Crippen LogP contribution in [0.4, 0.5) is 0 Å². The lowest BCUT2D eigenvalue weighted by Gasteiger charge is -2.31. The summed E-state index contributed by atoms with van der Waals surface area (Å²) in [6, 6.07) is 0.506. The topological polar surface area (TPSA) is 95.3 Å². The van der Waals surface area contributed by atoms with Gasteiger partial charge in [0.25, 0.3) is 0 Å². The lowest BCUT2D eigenvalue weighted by molar-refractivity contribution is -0.135. The van der Waals surface area contributed by atoms with Crippen molar-refractivity contribution in [2.75, 3.05) is 6.54 Å². The van der Waals surface area contributed by atoms with Crippen molar-refractivity contribution in [2.24, 2.45) is 5.92 Å². The number of fused-ring (bicyclic) bond motifs is 1. The summed E-state index contributed by atoms with van der Waals surface area (Å²) in [4.78, 5) is 15.1. The molecule has 2 saturated heterocycles. The van der Waals surface area contributed by atoms with Gasteiger partial charge in [0.15, 0.2) is 0 Å². The minimum Gasteiger partial charge on any atom is -0.390 e. The molecule has 8 heteroatoms. The van der Waals surface area contributed by atoms with Crippen molar-refractivity contribution in [1.82, 2.24) is 30.7 Å². The van der Waals surface area contributed by atoms with E-state index in [-0.39, 0.29) is 24.6 Å². The molecule has 0 bridgehead atoms. The molecule has 1 aromatic heterocycles. The molecule has 1 aromatic rings. The number of hydrogen-bond donors (Lipinski definition) is 3. The summed E-state index contributed by atoms with van der Waals surface area (Å²) in [5.74, 6) is 0.641. The molecule has 4 atom stereocenters. The number of hydrazine groups is 1. The van der Waals surface area contributed by atoms with Gasteiger partial charge in [-0.15, -0.1) is 5.10 Å². The van der Waals surface area contributed by atoms with E-state index in [9.17, 15) is 4.79 Å².